The Hall–Kier alpha value is -4.66. The summed E-state index contributed by atoms with van der Waals surface area (Å²) in [6.45, 7) is 0.427. The van der Waals surface area contributed by atoms with E-state index in [1.165, 1.54) is 30.4 Å². The van der Waals surface area contributed by atoms with Crippen LogP contribution in [0.4, 0.5) is 10.5 Å². The molecule has 1 aliphatic heterocycles. The van der Waals surface area contributed by atoms with Crippen molar-refractivity contribution in [2.24, 2.45) is 0 Å². The number of nitrogens with zero attached hydrogens (tertiary/aromatic N) is 8. The Kier molecular flexibility index (Phi) is 7.65. The van der Waals surface area contributed by atoms with Gasteiger partial charge in [0.05, 0.1) is 41.6 Å². The molecule has 6 rings (SSSR count). The average molecular weight is 609 g/mol. The number of methoxy groups -OCH3 is 1. The first-order valence-corrected chi connectivity index (χ1v) is 13.5. The van der Waals surface area contributed by atoms with Gasteiger partial charge in [0.15, 0.2) is 0 Å². The summed E-state index contributed by atoms with van der Waals surface area (Å²) in [5, 5.41) is 14.7. The molecule has 0 bridgehead atoms. The van der Waals surface area contributed by atoms with Gasteiger partial charge in [-0.25, -0.2) is 14.8 Å². The van der Waals surface area contributed by atoms with Gasteiger partial charge in [0, 0.05) is 30.2 Å². The van der Waals surface area contributed by atoms with Crippen molar-refractivity contribution in [3.05, 3.63) is 81.1 Å². The number of rotatable bonds is 8. The zero-order valence-electron chi connectivity index (χ0n) is 22.0. The van der Waals surface area contributed by atoms with Crippen LogP contribution in [0.1, 0.15) is 24.1 Å². The van der Waals surface area contributed by atoms with Crippen LogP contribution in [0.2, 0.25) is 10.2 Å². The van der Waals surface area contributed by atoms with E-state index in [0.717, 1.165) is 0 Å². The third-order valence-corrected chi connectivity index (χ3v) is 7.08. The van der Waals surface area contributed by atoms with E-state index >= 15 is 0 Å². The lowest BCUT2D eigenvalue weighted by molar-refractivity contribution is 0.107. The molecule has 0 radical (unpaired) electrons. The predicted octanol–water partition coefficient (Wildman–Crippen LogP) is 3.71. The summed E-state index contributed by atoms with van der Waals surface area (Å²) in [6.07, 6.45) is 3.44. The minimum absolute atomic E-state index is 0.131. The lowest BCUT2D eigenvalue weighted by Crippen LogP contribution is -2.25. The molecule has 42 heavy (non-hydrogen) atoms. The number of nitrogens with one attached hydrogen (secondary N) is 2. The highest BCUT2D eigenvalue weighted by Gasteiger charge is 2.30. The van der Waals surface area contributed by atoms with Gasteiger partial charge in [-0.2, -0.15) is 4.68 Å². The molecule has 1 aliphatic rings. The Labute approximate surface area is 247 Å². The maximum absolute atomic E-state index is 13.4. The summed E-state index contributed by atoms with van der Waals surface area (Å²) in [4.78, 5) is 42.2. The minimum atomic E-state index is -0.620. The van der Waals surface area contributed by atoms with Crippen molar-refractivity contribution < 1.29 is 14.3 Å². The molecule has 0 fully saturated rings. The zero-order chi connectivity index (χ0) is 29.2. The second-order valence-electron chi connectivity index (χ2n) is 9.21. The van der Waals surface area contributed by atoms with E-state index in [-0.39, 0.29) is 17.3 Å². The van der Waals surface area contributed by atoms with Crippen LogP contribution in [0.25, 0.3) is 28.3 Å². The molecule has 1 aromatic carbocycles. The van der Waals surface area contributed by atoms with Crippen LogP contribution in [-0.4, -0.2) is 71.1 Å². The monoisotopic (exact) mass is 608 g/mol. The number of carbonyl (C=O) groups excluding carboxylic acids is 1. The number of anilines is 1. The number of halogens is 2. The Morgan fingerprint density at radius 1 is 1.14 bits per heavy atom. The van der Waals surface area contributed by atoms with Gasteiger partial charge in [-0.05, 0) is 47.2 Å². The van der Waals surface area contributed by atoms with Crippen LogP contribution in [0.15, 0.2) is 53.7 Å². The van der Waals surface area contributed by atoms with Crippen LogP contribution >= 0.6 is 23.2 Å². The number of hydrogen-bond acceptors (Lipinski definition) is 10. The van der Waals surface area contributed by atoms with E-state index in [0.29, 0.717) is 70.1 Å². The van der Waals surface area contributed by atoms with E-state index < -0.39 is 12.1 Å². The van der Waals surface area contributed by atoms with Crippen molar-refractivity contribution in [3.63, 3.8) is 0 Å². The number of imidazole rings is 1. The van der Waals surface area contributed by atoms with Gasteiger partial charge in [-0.1, -0.05) is 23.2 Å². The van der Waals surface area contributed by atoms with E-state index in [2.05, 4.69) is 35.8 Å². The van der Waals surface area contributed by atoms with Gasteiger partial charge >= 0.3 is 6.09 Å². The summed E-state index contributed by atoms with van der Waals surface area (Å²) >= 11 is 12.8. The van der Waals surface area contributed by atoms with Gasteiger partial charge in [0.1, 0.15) is 35.4 Å². The number of ether oxygens (including phenoxy) is 2. The number of hydrogen-bond donors (Lipinski definition) is 2. The fourth-order valence-corrected chi connectivity index (χ4v) is 5.11. The summed E-state index contributed by atoms with van der Waals surface area (Å²) in [5.41, 5.74) is 2.80. The summed E-state index contributed by atoms with van der Waals surface area (Å²) in [6, 6.07) is 9.59. The van der Waals surface area contributed by atoms with Crippen molar-refractivity contribution in [2.75, 3.05) is 25.6 Å². The third-order valence-electron chi connectivity index (χ3n) is 6.58. The third kappa shape index (κ3) is 5.46. The van der Waals surface area contributed by atoms with Crippen molar-refractivity contribution in [3.8, 4) is 28.3 Å². The molecule has 4 aromatic heterocycles. The van der Waals surface area contributed by atoms with Gasteiger partial charge in [-0.15, -0.1) is 5.10 Å². The first kappa shape index (κ1) is 27.5. The fourth-order valence-electron chi connectivity index (χ4n) is 4.70. The van der Waals surface area contributed by atoms with E-state index in [4.69, 9.17) is 37.7 Å². The Balaban J connectivity index is 1.25. The molecule has 5 heterocycles. The number of H-pyrrole nitrogens is 1. The van der Waals surface area contributed by atoms with Crippen molar-refractivity contribution >= 4 is 35.0 Å². The number of carbonyl (C=O) groups is 1. The average Bonchev–Trinajstić information content (AvgIpc) is 3.74. The van der Waals surface area contributed by atoms with Gasteiger partial charge < -0.3 is 14.5 Å². The second kappa shape index (κ2) is 11.7. The zero-order valence-corrected chi connectivity index (χ0v) is 23.5. The van der Waals surface area contributed by atoms with Gasteiger partial charge in [-0.3, -0.25) is 19.7 Å². The first-order valence-electron chi connectivity index (χ1n) is 12.7. The number of amides is 1. The Bertz CT molecular complexity index is 1810. The number of tetrazole rings is 1. The minimum Gasteiger partial charge on any atom is -0.447 e. The van der Waals surface area contributed by atoms with Crippen LogP contribution in [0.3, 0.4) is 0 Å². The standard InChI is InChI=1S/C26H22Cl2N10O4/c1-41-8-9-42-26(40)31-15-3-4-17(29-12-15)23-24(28)34-25(33-23)20-6-7-21-32-18(11-22(39)38(20)21)16-10-14(27)2-5-19(16)37-13-30-35-36-37/h2-5,10-13,20H,6-9H2,1H3,(H,31,40)(H,33,34)/t20-/m0/s1. The molecular weight excluding hydrogens is 587 g/mol. The number of fused-ring (bicyclic) bond motifs is 1. The quantitative estimate of drug-likeness (QED) is 0.248. The molecule has 1 atom stereocenters. The Morgan fingerprint density at radius 2 is 2.02 bits per heavy atom. The Morgan fingerprint density at radius 3 is 2.79 bits per heavy atom. The molecule has 1 amide bonds. The maximum atomic E-state index is 13.4. The molecule has 14 nitrogen and oxygen atoms in total. The van der Waals surface area contributed by atoms with Crippen LogP contribution < -0.4 is 10.9 Å². The van der Waals surface area contributed by atoms with Gasteiger partial charge in [0.25, 0.3) is 5.56 Å². The highest BCUT2D eigenvalue weighted by atomic mass is 35.5. The number of aryl methyl sites for hydroxylation is 1. The summed E-state index contributed by atoms with van der Waals surface area (Å²) in [7, 11) is 1.52. The van der Waals surface area contributed by atoms with Crippen LogP contribution in [0.5, 0.6) is 0 Å². The second-order valence-corrected chi connectivity index (χ2v) is 10.0. The molecule has 0 aliphatic carbocycles. The van der Waals surface area contributed by atoms with Gasteiger partial charge in [0.2, 0.25) is 0 Å². The first-order chi connectivity index (χ1) is 20.4. The topological polar surface area (TPSA) is 168 Å². The number of benzene rings is 1. The van der Waals surface area contributed by atoms with E-state index in [9.17, 15) is 9.59 Å². The van der Waals surface area contributed by atoms with E-state index in [1.807, 2.05) is 0 Å². The SMILES string of the molecule is COCCOC(=O)Nc1ccc(-c2nc([C@@H]3CCc4nc(-c5cc(Cl)ccc5-n5cnnn5)cc(=O)n43)[nH]c2Cl)nc1. The molecule has 214 valence electrons. The molecule has 0 saturated carbocycles. The number of pyridine rings is 1. The van der Waals surface area contributed by atoms with Crippen molar-refractivity contribution in [2.45, 2.75) is 18.9 Å². The fraction of sp³-hybridized carbons (Fsp3) is 0.231. The highest BCUT2D eigenvalue weighted by molar-refractivity contribution is 6.32. The summed E-state index contributed by atoms with van der Waals surface area (Å²) in [5.74, 6) is 1.11. The summed E-state index contributed by atoms with van der Waals surface area (Å²) < 4.78 is 12.9. The molecule has 0 saturated heterocycles. The molecule has 2 N–H and O–H groups in total. The van der Waals surface area contributed by atoms with Crippen molar-refractivity contribution in [1.29, 1.82) is 0 Å². The van der Waals surface area contributed by atoms with Crippen molar-refractivity contribution in [1.82, 2.24) is 44.7 Å². The maximum Gasteiger partial charge on any atom is 0.411 e. The largest absolute Gasteiger partial charge is 0.447 e. The number of aromatic nitrogens is 9. The normalized spacial score (nSPS) is 14.1. The highest BCUT2D eigenvalue weighted by Crippen LogP contribution is 2.34. The van der Waals surface area contributed by atoms with Crippen LogP contribution in [-0.2, 0) is 15.9 Å². The predicted molar refractivity (Wildman–Crippen MR) is 152 cm³/mol. The molecule has 16 heteroatoms. The molecule has 0 unspecified atom stereocenters. The molecule has 5 aromatic rings. The lowest BCUT2D eigenvalue weighted by Gasteiger charge is -2.14. The van der Waals surface area contributed by atoms with Crippen LogP contribution in [0, 0.1) is 0 Å². The molecular formula is C26H22Cl2N10O4. The van der Waals surface area contributed by atoms with E-state index in [1.54, 1.807) is 34.9 Å². The number of aromatic amines is 1. The molecule has 0 spiro atoms. The lowest BCUT2D eigenvalue weighted by atomic mass is 10.1. The smallest absolute Gasteiger partial charge is 0.411 e.